The van der Waals surface area contributed by atoms with Crippen molar-refractivity contribution in [1.82, 2.24) is 0 Å². The number of carbonyl (C=O) groups excluding carboxylic acids is 2. The highest BCUT2D eigenvalue weighted by atomic mass is 19.1. The lowest BCUT2D eigenvalue weighted by Gasteiger charge is -2.25. The van der Waals surface area contributed by atoms with Crippen LogP contribution in [0, 0.1) is 11.8 Å². The SMILES string of the molecule is CCOC(=O)C1CC=C(F)CC1C(=O)OCC. The van der Waals surface area contributed by atoms with E-state index in [0.717, 1.165) is 0 Å². The monoisotopic (exact) mass is 244 g/mol. The van der Waals surface area contributed by atoms with Crippen molar-refractivity contribution in [3.05, 3.63) is 11.9 Å². The minimum absolute atomic E-state index is 0.0810. The van der Waals surface area contributed by atoms with E-state index >= 15 is 0 Å². The van der Waals surface area contributed by atoms with Crippen LogP contribution in [-0.2, 0) is 19.1 Å². The van der Waals surface area contributed by atoms with Crippen molar-refractivity contribution in [3.63, 3.8) is 0 Å². The number of hydrogen-bond acceptors (Lipinski definition) is 4. The maximum Gasteiger partial charge on any atom is 0.310 e. The zero-order valence-electron chi connectivity index (χ0n) is 10.1. The summed E-state index contributed by atoms with van der Waals surface area (Å²) in [7, 11) is 0. The standard InChI is InChI=1S/C12H17FO4/c1-3-16-11(14)9-6-5-8(13)7-10(9)12(15)17-4-2/h5,9-10H,3-4,6-7H2,1-2H3. The van der Waals surface area contributed by atoms with Crippen molar-refractivity contribution in [2.75, 3.05) is 13.2 Å². The molecule has 2 unspecified atom stereocenters. The molecule has 0 N–H and O–H groups in total. The van der Waals surface area contributed by atoms with E-state index < -0.39 is 23.8 Å². The summed E-state index contributed by atoms with van der Waals surface area (Å²) >= 11 is 0. The molecule has 0 spiro atoms. The second-order valence-electron chi connectivity index (χ2n) is 3.81. The molecule has 5 heteroatoms. The number of hydrogen-bond donors (Lipinski definition) is 0. The molecule has 2 atom stereocenters. The number of allylic oxidation sites excluding steroid dienone is 2. The van der Waals surface area contributed by atoms with E-state index in [1.165, 1.54) is 6.08 Å². The Hall–Kier alpha value is -1.39. The number of rotatable bonds is 4. The summed E-state index contributed by atoms with van der Waals surface area (Å²) in [6.45, 7) is 3.83. The van der Waals surface area contributed by atoms with E-state index in [1.54, 1.807) is 13.8 Å². The van der Waals surface area contributed by atoms with Crippen molar-refractivity contribution in [2.24, 2.45) is 11.8 Å². The third kappa shape index (κ3) is 3.54. The molecule has 0 aliphatic heterocycles. The fourth-order valence-electron chi connectivity index (χ4n) is 1.86. The number of carbonyl (C=O) groups is 2. The van der Waals surface area contributed by atoms with Gasteiger partial charge in [-0.3, -0.25) is 9.59 Å². The maximum atomic E-state index is 13.2. The Morgan fingerprint density at radius 3 is 2.29 bits per heavy atom. The molecule has 0 aromatic heterocycles. The normalized spacial score (nSPS) is 23.8. The highest BCUT2D eigenvalue weighted by Crippen LogP contribution is 2.32. The quantitative estimate of drug-likeness (QED) is 0.710. The zero-order valence-corrected chi connectivity index (χ0v) is 10.1. The van der Waals surface area contributed by atoms with Crippen LogP contribution < -0.4 is 0 Å². The van der Waals surface area contributed by atoms with Crippen LogP contribution in [-0.4, -0.2) is 25.2 Å². The lowest BCUT2D eigenvalue weighted by Crippen LogP contribution is -2.34. The molecule has 0 radical (unpaired) electrons. The Balaban J connectivity index is 2.77. The summed E-state index contributed by atoms with van der Waals surface area (Å²) in [6, 6.07) is 0. The number of ether oxygens (including phenoxy) is 2. The van der Waals surface area contributed by atoms with Crippen molar-refractivity contribution >= 4 is 11.9 Å². The third-order valence-electron chi connectivity index (χ3n) is 2.67. The van der Waals surface area contributed by atoms with E-state index in [0.29, 0.717) is 0 Å². The summed E-state index contributed by atoms with van der Waals surface area (Å²) in [6.07, 6.45) is 1.44. The molecule has 0 aromatic rings. The molecule has 1 aliphatic carbocycles. The highest BCUT2D eigenvalue weighted by molar-refractivity contribution is 5.82. The largest absolute Gasteiger partial charge is 0.466 e. The fraction of sp³-hybridized carbons (Fsp3) is 0.667. The van der Waals surface area contributed by atoms with Crippen LogP contribution in [0.2, 0.25) is 0 Å². The molecule has 0 aromatic carbocycles. The second kappa shape index (κ2) is 6.37. The Kier molecular flexibility index (Phi) is 5.12. The first-order valence-electron chi connectivity index (χ1n) is 5.77. The second-order valence-corrected chi connectivity index (χ2v) is 3.81. The van der Waals surface area contributed by atoms with Gasteiger partial charge in [-0.2, -0.15) is 0 Å². The summed E-state index contributed by atoms with van der Waals surface area (Å²) in [5, 5.41) is 0. The van der Waals surface area contributed by atoms with Gasteiger partial charge in [0, 0.05) is 6.42 Å². The fourth-order valence-corrected chi connectivity index (χ4v) is 1.86. The maximum absolute atomic E-state index is 13.2. The molecule has 0 amide bonds. The molecule has 0 fully saturated rings. The van der Waals surface area contributed by atoms with Crippen LogP contribution in [0.15, 0.2) is 11.9 Å². The van der Waals surface area contributed by atoms with Crippen LogP contribution in [0.3, 0.4) is 0 Å². The van der Waals surface area contributed by atoms with Gasteiger partial charge < -0.3 is 9.47 Å². The molecule has 0 bridgehead atoms. The predicted octanol–water partition coefficient (Wildman–Crippen LogP) is 1.99. The minimum Gasteiger partial charge on any atom is -0.466 e. The average molecular weight is 244 g/mol. The Morgan fingerprint density at radius 1 is 1.24 bits per heavy atom. The lowest BCUT2D eigenvalue weighted by atomic mass is 9.82. The van der Waals surface area contributed by atoms with Gasteiger partial charge in [-0.25, -0.2) is 4.39 Å². The molecule has 0 saturated heterocycles. The van der Waals surface area contributed by atoms with Gasteiger partial charge in [0.25, 0.3) is 0 Å². The predicted molar refractivity (Wildman–Crippen MR) is 58.7 cm³/mol. The molecule has 96 valence electrons. The van der Waals surface area contributed by atoms with Crippen molar-refractivity contribution in [2.45, 2.75) is 26.7 Å². The molecule has 0 heterocycles. The summed E-state index contributed by atoms with van der Waals surface area (Å²) in [5.74, 6) is -2.76. The van der Waals surface area contributed by atoms with Gasteiger partial charge in [0.15, 0.2) is 0 Å². The molecule has 0 saturated carbocycles. The number of halogens is 1. The van der Waals surface area contributed by atoms with Gasteiger partial charge >= 0.3 is 11.9 Å². The van der Waals surface area contributed by atoms with Crippen LogP contribution >= 0.6 is 0 Å². The van der Waals surface area contributed by atoms with Crippen LogP contribution in [0.25, 0.3) is 0 Å². The zero-order chi connectivity index (χ0) is 12.8. The Bertz CT molecular complexity index is 324. The van der Waals surface area contributed by atoms with Gasteiger partial charge in [0.2, 0.25) is 0 Å². The van der Waals surface area contributed by atoms with Gasteiger partial charge in [-0.1, -0.05) is 6.08 Å². The Morgan fingerprint density at radius 2 is 1.76 bits per heavy atom. The van der Waals surface area contributed by atoms with E-state index in [-0.39, 0.29) is 31.9 Å². The molecule has 1 rings (SSSR count). The topological polar surface area (TPSA) is 52.6 Å². The molecular formula is C12H17FO4. The first kappa shape index (κ1) is 13.7. The van der Waals surface area contributed by atoms with Crippen LogP contribution in [0.1, 0.15) is 26.7 Å². The summed E-state index contributed by atoms with van der Waals surface area (Å²) in [4.78, 5) is 23.3. The summed E-state index contributed by atoms with van der Waals surface area (Å²) < 4.78 is 22.9. The van der Waals surface area contributed by atoms with E-state index in [9.17, 15) is 14.0 Å². The van der Waals surface area contributed by atoms with Crippen LogP contribution in [0.4, 0.5) is 4.39 Å². The Labute approximate surface area is 99.8 Å². The summed E-state index contributed by atoms with van der Waals surface area (Å²) in [5.41, 5.74) is 0. The average Bonchev–Trinajstić information content (AvgIpc) is 2.29. The van der Waals surface area contributed by atoms with E-state index in [2.05, 4.69) is 0 Å². The van der Waals surface area contributed by atoms with Gasteiger partial charge in [-0.15, -0.1) is 0 Å². The van der Waals surface area contributed by atoms with E-state index in [1.807, 2.05) is 0 Å². The van der Waals surface area contributed by atoms with Gasteiger partial charge in [-0.05, 0) is 20.3 Å². The lowest BCUT2D eigenvalue weighted by molar-refractivity contribution is -0.160. The van der Waals surface area contributed by atoms with Crippen LogP contribution in [0.5, 0.6) is 0 Å². The van der Waals surface area contributed by atoms with E-state index in [4.69, 9.17) is 9.47 Å². The van der Waals surface area contributed by atoms with Gasteiger partial charge in [0.05, 0.1) is 30.9 Å². The molecule has 1 aliphatic rings. The molecular weight excluding hydrogens is 227 g/mol. The molecule has 17 heavy (non-hydrogen) atoms. The first-order valence-corrected chi connectivity index (χ1v) is 5.77. The first-order chi connectivity index (χ1) is 8.10. The van der Waals surface area contributed by atoms with Gasteiger partial charge in [0.1, 0.15) is 0 Å². The van der Waals surface area contributed by atoms with Crippen molar-refractivity contribution in [1.29, 1.82) is 0 Å². The third-order valence-corrected chi connectivity index (χ3v) is 2.67. The van der Waals surface area contributed by atoms with Crippen molar-refractivity contribution in [3.8, 4) is 0 Å². The van der Waals surface area contributed by atoms with Crippen molar-refractivity contribution < 1.29 is 23.5 Å². The highest BCUT2D eigenvalue weighted by Gasteiger charge is 2.38. The molecule has 4 nitrogen and oxygen atoms in total. The number of esters is 2. The minimum atomic E-state index is -0.765. The smallest absolute Gasteiger partial charge is 0.310 e.